The molecule has 7 aliphatic rings. The van der Waals surface area contributed by atoms with Crippen LogP contribution in [0.4, 0.5) is 17.1 Å². The SMILES string of the molecule is CCCCCCCC1(CCCCCCC)c2ccccc2-c2ccc(-c3ccc4c(c3)C(C)(C)c3cc(-c5cc6c(c7c5oc5ccccc57)-c5ccc(N(c7ccc(C)cc7)c7ccc8c(c7)C(C)(C)c7cc9c(cc7-8)C(C)(C)c7cc(-c8ccc%10c(c8)C(C)(C)c8cc(-c%11ccc%12c(c%11)C(CCCCCCC)(CCCCCCC)c%11ccccc%11-%12)ccc8-%10)c8c(oc%10ccccc%108)c7-9)cc5C6(C)C)ccc3-4)cc21. The first-order chi connectivity index (χ1) is 70.4. The van der Waals surface area contributed by atoms with Crippen LogP contribution < -0.4 is 4.90 Å². The van der Waals surface area contributed by atoms with Crippen LogP contribution in [0.5, 0.6) is 0 Å². The lowest BCUT2D eigenvalue weighted by molar-refractivity contribution is 0.399. The topological polar surface area (TPSA) is 29.5 Å². The molecule has 0 bridgehead atoms. The molecular weight excluding hydrogens is 1750 g/mol. The number of furan rings is 2. The minimum Gasteiger partial charge on any atom is -0.455 e. The molecular formula is C142H141NO2. The highest BCUT2D eigenvalue weighted by molar-refractivity contribution is 6.21. The van der Waals surface area contributed by atoms with Crippen molar-refractivity contribution in [3.05, 3.63) is 375 Å². The van der Waals surface area contributed by atoms with Gasteiger partial charge in [0.05, 0.1) is 0 Å². The molecule has 16 aromatic carbocycles. The molecule has 0 amide bonds. The van der Waals surface area contributed by atoms with Crippen LogP contribution in [0, 0.1) is 6.92 Å². The fourth-order valence-corrected chi connectivity index (χ4v) is 29.1. The van der Waals surface area contributed by atoms with Crippen molar-refractivity contribution in [1.29, 1.82) is 0 Å². The maximum absolute atomic E-state index is 7.42. The zero-order valence-electron chi connectivity index (χ0n) is 88.4. The van der Waals surface area contributed by atoms with Crippen LogP contribution in [-0.4, -0.2) is 0 Å². The van der Waals surface area contributed by atoms with E-state index in [1.165, 1.54) is 343 Å². The van der Waals surface area contributed by atoms with Crippen LogP contribution in [0.1, 0.15) is 334 Å². The second kappa shape index (κ2) is 35.4. The molecule has 2 aromatic heterocycles. The maximum atomic E-state index is 7.42. The molecule has 2 heterocycles. The predicted molar refractivity (Wildman–Crippen MR) is 616 cm³/mol. The summed E-state index contributed by atoms with van der Waals surface area (Å²) in [5.74, 6) is 0. The van der Waals surface area contributed by atoms with Gasteiger partial charge in [-0.15, -0.1) is 0 Å². The average molecular weight is 1890 g/mol. The summed E-state index contributed by atoms with van der Waals surface area (Å²) < 4.78 is 14.7. The summed E-state index contributed by atoms with van der Waals surface area (Å²) in [4.78, 5) is 2.53. The zero-order chi connectivity index (χ0) is 99.1. The smallest absolute Gasteiger partial charge is 0.144 e. The second-order valence-electron chi connectivity index (χ2n) is 47.5. The molecule has 18 aromatic rings. The van der Waals surface area contributed by atoms with Gasteiger partial charge in [0, 0.05) is 87.6 Å². The first-order valence-corrected chi connectivity index (χ1v) is 55.8. The number of aryl methyl sites for hydroxylation is 1. The Kier molecular flexibility index (Phi) is 22.7. The highest BCUT2D eigenvalue weighted by Crippen LogP contribution is 2.65. The summed E-state index contributed by atoms with van der Waals surface area (Å²) in [6, 6.07) is 115. The Bertz CT molecular complexity index is 8270. The van der Waals surface area contributed by atoms with E-state index in [-0.39, 0.29) is 32.5 Å². The van der Waals surface area contributed by atoms with Crippen LogP contribution in [0.2, 0.25) is 0 Å². The van der Waals surface area contributed by atoms with Gasteiger partial charge in [-0.05, 0) is 331 Å². The molecule has 0 atom stereocenters. The molecule has 0 saturated heterocycles. The molecule has 0 fully saturated rings. The molecule has 726 valence electrons. The van der Waals surface area contributed by atoms with Gasteiger partial charge in [0.15, 0.2) is 0 Å². The standard InChI is InChI=1S/C142H141NO2/c1-16-20-24-28-40-72-141(73-41-29-25-21-17-2)114-48-36-32-44-98(114)104-66-56-91(78-124(104)141)89-54-64-100-102-68-58-93(80-118(102)136(6,7)116(100)76-89)110-84-127-132(135-130(110)108-46-34-38-50-128(108)145-135)113-87-122-112(86-123(113)140(127,14)15)106-70-62-96(82-120(106)138(122,10)11)143(95-60-52-88(5)53-61-95)97-63-71-107-121(83-97)139(12,13)126-85-111(134-133(131(107)126)109-47-35-39-51-129(109)144-134)94-59-69-103-101-65-55-90(77-117(101)137(8,9)119(103)81-94)92-57-67-105-99-45-33-37-49-115(99)142(125(105)79-92,74-42-30-26-22-18-3)75-43-31-27-23-19-4/h32-39,44-71,76-87H,16-31,40-43,72-75H2,1-15H3. The second-order valence-corrected chi connectivity index (χ2v) is 47.5. The normalized spacial score (nSPS) is 15.8. The Morgan fingerprint density at radius 1 is 0.207 bits per heavy atom. The Morgan fingerprint density at radius 2 is 0.510 bits per heavy atom. The average Bonchev–Trinajstić information content (AvgIpc) is 1.50. The third-order valence-electron chi connectivity index (χ3n) is 37.1. The summed E-state index contributed by atoms with van der Waals surface area (Å²) >= 11 is 0. The molecule has 3 heteroatoms. The van der Waals surface area contributed by atoms with Gasteiger partial charge in [-0.2, -0.15) is 0 Å². The lowest BCUT2D eigenvalue weighted by Crippen LogP contribution is -2.25. The highest BCUT2D eigenvalue weighted by Gasteiger charge is 2.50. The van der Waals surface area contributed by atoms with Crippen LogP contribution in [0.3, 0.4) is 0 Å². The van der Waals surface area contributed by atoms with E-state index < -0.39 is 5.41 Å². The van der Waals surface area contributed by atoms with E-state index in [0.717, 1.165) is 55.7 Å². The van der Waals surface area contributed by atoms with Crippen molar-refractivity contribution in [3.8, 4) is 122 Å². The van der Waals surface area contributed by atoms with Crippen molar-refractivity contribution in [2.75, 3.05) is 4.90 Å². The first kappa shape index (κ1) is 93.0. The van der Waals surface area contributed by atoms with Gasteiger partial charge < -0.3 is 13.7 Å². The van der Waals surface area contributed by atoms with Gasteiger partial charge in [-0.25, -0.2) is 0 Å². The number of nitrogens with zero attached hydrogens (tertiary/aromatic N) is 1. The lowest BCUT2D eigenvalue weighted by Gasteiger charge is -2.33. The largest absolute Gasteiger partial charge is 0.455 e. The number of anilines is 3. The van der Waals surface area contributed by atoms with Gasteiger partial charge in [-0.3, -0.25) is 0 Å². The van der Waals surface area contributed by atoms with Crippen LogP contribution in [0.25, 0.3) is 166 Å². The number of unbranched alkanes of at least 4 members (excludes halogenated alkanes) is 16. The van der Waals surface area contributed by atoms with Gasteiger partial charge in [0.25, 0.3) is 0 Å². The molecule has 145 heavy (non-hydrogen) atoms. The monoisotopic (exact) mass is 1890 g/mol. The van der Waals surface area contributed by atoms with E-state index in [4.69, 9.17) is 8.83 Å². The van der Waals surface area contributed by atoms with E-state index in [9.17, 15) is 0 Å². The number of fused-ring (bicyclic) bond motifs is 29. The number of rotatable bonds is 31. The predicted octanol–water partition coefficient (Wildman–Crippen LogP) is 41.4. The van der Waals surface area contributed by atoms with Gasteiger partial charge in [-0.1, -0.05) is 413 Å². The van der Waals surface area contributed by atoms with Crippen molar-refractivity contribution in [1.82, 2.24) is 0 Å². The lowest BCUT2D eigenvalue weighted by atomic mass is 9.70. The van der Waals surface area contributed by atoms with Crippen molar-refractivity contribution < 1.29 is 8.83 Å². The fourth-order valence-electron chi connectivity index (χ4n) is 29.1. The Hall–Kier alpha value is -13.1. The molecule has 3 nitrogen and oxygen atoms in total. The van der Waals surface area contributed by atoms with Gasteiger partial charge in [0.1, 0.15) is 22.3 Å². The van der Waals surface area contributed by atoms with Crippen LogP contribution >= 0.6 is 0 Å². The zero-order valence-corrected chi connectivity index (χ0v) is 88.4. The summed E-state index contributed by atoms with van der Waals surface area (Å²) in [6.07, 6.45) is 30.8. The third-order valence-corrected chi connectivity index (χ3v) is 37.1. The van der Waals surface area contributed by atoms with E-state index in [1.54, 1.807) is 22.3 Å². The quantitative estimate of drug-likeness (QED) is 0.0406. The van der Waals surface area contributed by atoms with Gasteiger partial charge >= 0.3 is 0 Å². The summed E-state index contributed by atoms with van der Waals surface area (Å²) in [5.41, 5.74) is 55.3. The fraction of sp³-hybridized carbons (Fsp3) is 0.324. The van der Waals surface area contributed by atoms with E-state index in [2.05, 4.69) is 400 Å². The molecule has 0 unspecified atom stereocenters. The summed E-state index contributed by atoms with van der Waals surface area (Å²) in [5, 5.41) is 4.68. The maximum Gasteiger partial charge on any atom is 0.144 e. The van der Waals surface area contributed by atoms with E-state index in [0.29, 0.717) is 0 Å². The van der Waals surface area contributed by atoms with Crippen molar-refractivity contribution in [2.24, 2.45) is 0 Å². The highest BCUT2D eigenvalue weighted by atomic mass is 16.3. The molecule has 0 spiro atoms. The molecule has 0 saturated carbocycles. The Labute approximate surface area is 861 Å². The molecule has 0 N–H and O–H groups in total. The molecule has 7 aliphatic carbocycles. The number of benzene rings is 16. The van der Waals surface area contributed by atoms with Crippen molar-refractivity contribution in [2.45, 2.75) is 296 Å². The van der Waals surface area contributed by atoms with Crippen LogP contribution in [-0.2, 0) is 37.9 Å². The molecule has 0 radical (unpaired) electrons. The van der Waals surface area contributed by atoms with Crippen molar-refractivity contribution >= 4 is 60.9 Å². The number of hydrogen-bond acceptors (Lipinski definition) is 3. The Morgan fingerprint density at radius 3 is 0.979 bits per heavy atom. The van der Waals surface area contributed by atoms with E-state index in [1.807, 2.05) is 0 Å². The number of hydrogen-bond donors (Lipinski definition) is 0. The minimum absolute atomic E-state index is 0.0215. The van der Waals surface area contributed by atoms with Crippen LogP contribution in [0.15, 0.2) is 300 Å². The van der Waals surface area contributed by atoms with E-state index >= 15 is 0 Å². The third kappa shape index (κ3) is 14.4. The molecule has 25 rings (SSSR count). The summed E-state index contributed by atoms with van der Waals surface area (Å²) in [7, 11) is 0. The first-order valence-electron chi connectivity index (χ1n) is 55.8. The van der Waals surface area contributed by atoms with Gasteiger partial charge in [0.2, 0.25) is 0 Å². The summed E-state index contributed by atoms with van der Waals surface area (Å²) in [6.45, 7) is 36.2. The Balaban J connectivity index is 0.530. The number of para-hydroxylation sites is 2. The minimum atomic E-state index is -0.400. The molecule has 0 aliphatic heterocycles. The van der Waals surface area contributed by atoms with Crippen molar-refractivity contribution in [3.63, 3.8) is 0 Å².